The second-order valence-corrected chi connectivity index (χ2v) is 11.9. The number of carbonyl (C=O) groups excluding carboxylic acids is 6. The molecule has 0 spiro atoms. The topological polar surface area (TPSA) is 126 Å². The summed E-state index contributed by atoms with van der Waals surface area (Å²) in [5, 5.41) is 5.47. The van der Waals surface area contributed by atoms with Crippen LogP contribution in [0.2, 0.25) is 0 Å². The first kappa shape index (κ1) is 25.9. The minimum atomic E-state index is -1.40. The zero-order valence-corrected chi connectivity index (χ0v) is 21.7. The Hall–Kier alpha value is -3.16. The average molecular weight is 495 g/mol. The third kappa shape index (κ3) is 3.26. The van der Waals surface area contributed by atoms with Crippen molar-refractivity contribution >= 4 is 46.3 Å². The quantitative estimate of drug-likeness (QED) is 0.474. The predicted molar refractivity (Wildman–Crippen MR) is 133 cm³/mol. The van der Waals surface area contributed by atoms with Crippen LogP contribution in [0, 0.1) is 33.5 Å². The molecule has 8 nitrogen and oxygen atoms in total. The number of Topliss-reactive ketones (excluding diaryl/α,β-unsaturated/α-hetero) is 4. The molecule has 0 aromatic heterocycles. The second kappa shape index (κ2) is 8.18. The molecule has 0 radical (unpaired) electrons. The summed E-state index contributed by atoms with van der Waals surface area (Å²) in [5.74, 6) is -4.29. The Kier molecular flexibility index (Phi) is 5.89. The van der Waals surface area contributed by atoms with E-state index in [0.29, 0.717) is 37.1 Å². The fourth-order valence-corrected chi connectivity index (χ4v) is 6.31. The highest BCUT2D eigenvalue weighted by Gasteiger charge is 2.77. The zero-order chi connectivity index (χ0) is 26.8. The summed E-state index contributed by atoms with van der Waals surface area (Å²) in [5.41, 5.74) is -2.97. The van der Waals surface area contributed by atoms with Gasteiger partial charge in [-0.2, -0.15) is 0 Å². The third-order valence-electron chi connectivity index (χ3n) is 9.94. The molecule has 2 N–H and O–H groups in total. The molecule has 3 saturated carbocycles. The summed E-state index contributed by atoms with van der Waals surface area (Å²) in [4.78, 5) is 76.9. The Morgan fingerprint density at radius 2 is 1.36 bits per heavy atom. The lowest BCUT2D eigenvalue weighted by Crippen LogP contribution is -2.48. The smallest absolute Gasteiger partial charge is 0.239 e. The number of rotatable bonds is 5. The molecule has 36 heavy (non-hydrogen) atoms. The van der Waals surface area contributed by atoms with Crippen LogP contribution in [-0.2, 0) is 28.8 Å². The van der Waals surface area contributed by atoms with Gasteiger partial charge in [0.15, 0.2) is 0 Å². The molecule has 0 saturated heterocycles. The molecular formula is C28H34N2O6. The fraction of sp³-hybridized carbons (Fsp3) is 0.571. The number of hydrogen-bond donors (Lipinski definition) is 2. The Morgan fingerprint density at radius 3 is 1.86 bits per heavy atom. The largest absolute Gasteiger partial charge is 0.325 e. The third-order valence-corrected chi connectivity index (χ3v) is 9.94. The molecule has 0 unspecified atom stereocenters. The summed E-state index contributed by atoms with van der Waals surface area (Å²) >= 11 is 0. The van der Waals surface area contributed by atoms with E-state index < -0.39 is 62.5 Å². The van der Waals surface area contributed by atoms with Gasteiger partial charge in [0.1, 0.15) is 11.3 Å². The molecule has 0 aliphatic heterocycles. The number of benzene rings is 1. The summed E-state index contributed by atoms with van der Waals surface area (Å²) in [7, 11) is 0. The molecule has 3 aliphatic carbocycles. The SMILES string of the molecule is CC(C)[C@]1(C)CC[C@@H](C(=O)Nc2ccc(NC(=O)[C@@]34CC[C@@](C)(C(=O)C3=O)C4(C)C)cc2)C(=O)C1=O. The van der Waals surface area contributed by atoms with Crippen molar-refractivity contribution in [1.82, 2.24) is 0 Å². The van der Waals surface area contributed by atoms with Crippen molar-refractivity contribution < 1.29 is 28.8 Å². The maximum atomic E-state index is 13.3. The number of ketones is 4. The van der Waals surface area contributed by atoms with Crippen molar-refractivity contribution in [2.45, 2.75) is 67.2 Å². The highest BCUT2D eigenvalue weighted by atomic mass is 16.2. The number of amides is 2. The normalized spacial score (nSPS) is 33.2. The van der Waals surface area contributed by atoms with Gasteiger partial charge < -0.3 is 10.6 Å². The van der Waals surface area contributed by atoms with E-state index in [9.17, 15) is 28.8 Å². The number of nitrogens with one attached hydrogen (secondary N) is 2. The first-order chi connectivity index (χ1) is 16.6. The van der Waals surface area contributed by atoms with Crippen molar-refractivity contribution in [2.24, 2.45) is 33.5 Å². The molecule has 4 rings (SSSR count). The van der Waals surface area contributed by atoms with Crippen LogP contribution in [0.3, 0.4) is 0 Å². The van der Waals surface area contributed by atoms with E-state index in [-0.39, 0.29) is 5.92 Å². The average Bonchev–Trinajstić information content (AvgIpc) is 3.09. The molecule has 1 aromatic carbocycles. The monoisotopic (exact) mass is 494 g/mol. The van der Waals surface area contributed by atoms with E-state index in [1.807, 2.05) is 27.7 Å². The van der Waals surface area contributed by atoms with Crippen LogP contribution in [0.5, 0.6) is 0 Å². The van der Waals surface area contributed by atoms with Crippen LogP contribution in [-0.4, -0.2) is 34.9 Å². The van der Waals surface area contributed by atoms with Crippen LogP contribution in [0.25, 0.3) is 0 Å². The summed E-state index contributed by atoms with van der Waals surface area (Å²) < 4.78 is 0. The van der Waals surface area contributed by atoms with Crippen molar-refractivity contribution in [3.8, 4) is 0 Å². The number of fused-ring (bicyclic) bond motifs is 2. The number of carbonyl (C=O) groups is 6. The Morgan fingerprint density at radius 1 is 0.806 bits per heavy atom. The van der Waals surface area contributed by atoms with E-state index >= 15 is 0 Å². The van der Waals surface area contributed by atoms with E-state index in [0.717, 1.165) is 0 Å². The highest BCUT2D eigenvalue weighted by Crippen LogP contribution is 2.69. The Labute approximate surface area is 211 Å². The van der Waals surface area contributed by atoms with Gasteiger partial charge in [-0.1, -0.05) is 41.5 Å². The fourth-order valence-electron chi connectivity index (χ4n) is 6.31. The van der Waals surface area contributed by atoms with Crippen molar-refractivity contribution in [3.05, 3.63) is 24.3 Å². The Bertz CT molecular complexity index is 1200. The van der Waals surface area contributed by atoms with E-state index in [2.05, 4.69) is 10.6 Å². The predicted octanol–water partition coefficient (Wildman–Crippen LogP) is 3.74. The minimum absolute atomic E-state index is 0.00135. The van der Waals surface area contributed by atoms with E-state index in [4.69, 9.17) is 0 Å². The molecule has 2 amide bonds. The first-order valence-corrected chi connectivity index (χ1v) is 12.5. The van der Waals surface area contributed by atoms with Gasteiger partial charge in [-0.25, -0.2) is 0 Å². The van der Waals surface area contributed by atoms with E-state index in [1.54, 1.807) is 38.1 Å². The molecule has 3 fully saturated rings. The van der Waals surface area contributed by atoms with Crippen LogP contribution in [0.15, 0.2) is 24.3 Å². The van der Waals surface area contributed by atoms with Crippen molar-refractivity contribution in [2.75, 3.05) is 10.6 Å². The van der Waals surface area contributed by atoms with Gasteiger partial charge in [0.05, 0.1) is 0 Å². The number of hydrogen-bond acceptors (Lipinski definition) is 6. The van der Waals surface area contributed by atoms with Gasteiger partial charge in [0.25, 0.3) is 0 Å². The van der Waals surface area contributed by atoms with Gasteiger partial charge in [-0.3, -0.25) is 28.8 Å². The zero-order valence-electron chi connectivity index (χ0n) is 21.7. The summed E-state index contributed by atoms with van der Waals surface area (Å²) in [6.07, 6.45) is 1.59. The second-order valence-electron chi connectivity index (χ2n) is 11.9. The lowest BCUT2D eigenvalue weighted by Gasteiger charge is -2.37. The molecule has 4 atom stereocenters. The van der Waals surface area contributed by atoms with Crippen molar-refractivity contribution in [1.29, 1.82) is 0 Å². The summed E-state index contributed by atoms with van der Waals surface area (Å²) in [6, 6.07) is 6.31. The van der Waals surface area contributed by atoms with Crippen LogP contribution < -0.4 is 10.6 Å². The Balaban J connectivity index is 1.44. The molecular weight excluding hydrogens is 460 g/mol. The van der Waals surface area contributed by atoms with Gasteiger partial charge in [-0.05, 0) is 61.3 Å². The van der Waals surface area contributed by atoms with E-state index in [1.165, 1.54) is 0 Å². The molecule has 2 bridgehead atoms. The molecule has 3 aliphatic rings. The van der Waals surface area contributed by atoms with Gasteiger partial charge in [0.2, 0.25) is 34.9 Å². The molecule has 192 valence electrons. The lowest BCUT2D eigenvalue weighted by molar-refractivity contribution is -0.152. The van der Waals surface area contributed by atoms with Crippen LogP contribution >= 0.6 is 0 Å². The highest BCUT2D eigenvalue weighted by molar-refractivity contribution is 6.49. The molecule has 1 aromatic rings. The van der Waals surface area contributed by atoms with Gasteiger partial charge in [0, 0.05) is 22.2 Å². The minimum Gasteiger partial charge on any atom is -0.325 e. The molecule has 0 heterocycles. The molecule has 8 heteroatoms. The first-order valence-electron chi connectivity index (χ1n) is 12.5. The number of anilines is 2. The lowest BCUT2D eigenvalue weighted by atomic mass is 9.64. The van der Waals surface area contributed by atoms with Crippen molar-refractivity contribution in [3.63, 3.8) is 0 Å². The van der Waals surface area contributed by atoms with Gasteiger partial charge in [-0.15, -0.1) is 0 Å². The standard InChI is InChI=1S/C28H34N2O6/c1-15(2)26(5)12-11-18(19(31)20(26)32)23(35)29-16-7-9-17(10-8-16)30-24(36)28-14-13-27(6,25(28,3)4)21(33)22(28)34/h7-10,15,18H,11-14H2,1-6H3,(H,29,35)(H,30,36)/t18-,26+,27+,28-/m1/s1. The maximum Gasteiger partial charge on any atom is 0.239 e. The van der Waals surface area contributed by atoms with Crippen LogP contribution in [0.1, 0.15) is 67.2 Å². The van der Waals surface area contributed by atoms with Gasteiger partial charge >= 0.3 is 0 Å². The van der Waals surface area contributed by atoms with Crippen LogP contribution in [0.4, 0.5) is 11.4 Å². The maximum absolute atomic E-state index is 13.3. The summed E-state index contributed by atoms with van der Waals surface area (Å²) in [6.45, 7) is 11.0.